The highest BCUT2D eigenvalue weighted by Crippen LogP contribution is 1.91. The molecule has 2 nitrogen and oxygen atoms in total. The Bertz CT molecular complexity index is 148. The first-order valence-corrected chi connectivity index (χ1v) is 3.29. The molecule has 0 unspecified atom stereocenters. The van der Waals surface area contributed by atoms with E-state index in [-0.39, 0.29) is 0 Å². The van der Waals surface area contributed by atoms with Crippen molar-refractivity contribution in [3.8, 4) is 0 Å². The fourth-order valence-corrected chi connectivity index (χ4v) is 0.680. The van der Waals surface area contributed by atoms with Crippen molar-refractivity contribution in [2.24, 2.45) is 4.99 Å². The van der Waals surface area contributed by atoms with Crippen molar-refractivity contribution in [3.05, 3.63) is 22.9 Å². The van der Waals surface area contributed by atoms with E-state index in [9.17, 15) is 0 Å². The van der Waals surface area contributed by atoms with Crippen LogP contribution in [0.25, 0.3) is 0 Å². The van der Waals surface area contributed by atoms with Gasteiger partial charge in [0.2, 0.25) is 6.08 Å². The maximum Gasteiger partial charge on any atom is 0.234 e. The second-order valence-corrected chi connectivity index (χ2v) is 1.92. The number of hydrogen-bond donors (Lipinski definition) is 0. The van der Waals surface area contributed by atoms with Crippen molar-refractivity contribution in [1.82, 2.24) is 0 Å². The van der Waals surface area contributed by atoms with Crippen LogP contribution in [0.5, 0.6) is 0 Å². The minimum Gasteiger partial charge on any atom is -0.211 e. The molecule has 0 radical (unpaired) electrons. The molecule has 1 heterocycles. The van der Waals surface area contributed by atoms with Crippen LogP contribution in [0.15, 0.2) is 27.9 Å². The predicted octanol–water partition coefficient (Wildman–Crippen LogP) is 1.70. The lowest BCUT2D eigenvalue weighted by Gasteiger charge is -1.39. The first-order valence-electron chi connectivity index (χ1n) is 2.35. The molecular weight excluding hydrogens is 134 g/mol. The van der Waals surface area contributed by atoms with Crippen molar-refractivity contribution < 1.29 is 4.79 Å². The van der Waals surface area contributed by atoms with Gasteiger partial charge in [-0.15, -0.1) is 0 Å². The minimum atomic E-state index is 1.31. The summed E-state index contributed by atoms with van der Waals surface area (Å²) in [6.45, 7) is 0. The molecule has 3 heteroatoms. The number of hydrogen-bond acceptors (Lipinski definition) is 3. The fraction of sp³-hybridized carbons (Fsp3) is 0.167. The third-order valence-corrected chi connectivity index (χ3v) is 1.15. The van der Waals surface area contributed by atoms with Crippen LogP contribution in [0.1, 0.15) is 0 Å². The Hall–Kier alpha value is -0.920. The molecule has 0 atom stereocenters. The van der Waals surface area contributed by atoms with Gasteiger partial charge in [-0.2, -0.15) is 11.3 Å². The van der Waals surface area contributed by atoms with E-state index >= 15 is 0 Å². The maximum absolute atomic E-state index is 8.88. The molecular formula is C6H7NOS. The van der Waals surface area contributed by atoms with Gasteiger partial charge in [0.15, 0.2) is 0 Å². The number of carbonyl (C=O) groups excluding carboxylic acids is 1. The Kier molecular flexibility index (Phi) is 6.36. The molecule has 0 N–H and O–H groups in total. The molecule has 0 aliphatic rings. The van der Waals surface area contributed by atoms with Crippen molar-refractivity contribution in [1.29, 1.82) is 0 Å². The van der Waals surface area contributed by atoms with Crippen LogP contribution in [-0.2, 0) is 4.79 Å². The summed E-state index contributed by atoms with van der Waals surface area (Å²) in [5.41, 5.74) is 0. The van der Waals surface area contributed by atoms with Gasteiger partial charge < -0.3 is 0 Å². The molecule has 0 amide bonds. The molecule has 48 valence electrons. The summed E-state index contributed by atoms with van der Waals surface area (Å²) < 4.78 is 0. The standard InChI is InChI=1S/C4H4S.C2H3NO/c1-2-4-5-3-1;1-3-2-4/h1-4H;1H3. The second-order valence-electron chi connectivity index (χ2n) is 1.11. The van der Waals surface area contributed by atoms with Gasteiger partial charge in [-0.05, 0) is 10.8 Å². The Morgan fingerprint density at radius 2 is 1.89 bits per heavy atom. The number of aliphatic imine (C=N–C) groups is 1. The van der Waals surface area contributed by atoms with Crippen LogP contribution < -0.4 is 0 Å². The van der Waals surface area contributed by atoms with Crippen LogP contribution in [-0.4, -0.2) is 13.1 Å². The topological polar surface area (TPSA) is 29.4 Å². The van der Waals surface area contributed by atoms with Crippen LogP contribution in [0.2, 0.25) is 0 Å². The number of nitrogens with zero attached hydrogens (tertiary/aromatic N) is 1. The van der Waals surface area contributed by atoms with Crippen molar-refractivity contribution in [2.75, 3.05) is 7.05 Å². The van der Waals surface area contributed by atoms with E-state index in [0.717, 1.165) is 0 Å². The van der Waals surface area contributed by atoms with Gasteiger partial charge in [-0.25, -0.2) is 9.79 Å². The summed E-state index contributed by atoms with van der Waals surface area (Å²) in [6, 6.07) is 4.04. The molecule has 0 aliphatic carbocycles. The number of rotatable bonds is 0. The first-order chi connectivity index (χ1) is 4.41. The predicted molar refractivity (Wildman–Crippen MR) is 38.4 cm³/mol. The molecule has 0 bridgehead atoms. The molecule has 9 heavy (non-hydrogen) atoms. The molecule has 1 rings (SSSR count). The fourth-order valence-electron chi connectivity index (χ4n) is 0.227. The van der Waals surface area contributed by atoms with Crippen LogP contribution in [0.3, 0.4) is 0 Å². The highest BCUT2D eigenvalue weighted by atomic mass is 32.1. The zero-order valence-electron chi connectivity index (χ0n) is 5.07. The summed E-state index contributed by atoms with van der Waals surface area (Å²) in [6.07, 6.45) is 1.31. The molecule has 1 aromatic heterocycles. The first kappa shape index (κ1) is 8.08. The zero-order chi connectivity index (χ0) is 6.95. The molecule has 0 spiro atoms. The van der Waals surface area contributed by atoms with Gasteiger partial charge in [-0.1, -0.05) is 12.1 Å². The lowest BCUT2D eigenvalue weighted by Crippen LogP contribution is -1.38. The highest BCUT2D eigenvalue weighted by Gasteiger charge is 1.58. The number of thiophene rings is 1. The summed E-state index contributed by atoms with van der Waals surface area (Å²) in [7, 11) is 1.38. The maximum atomic E-state index is 8.88. The summed E-state index contributed by atoms with van der Waals surface area (Å²) in [5, 5.41) is 4.08. The van der Waals surface area contributed by atoms with E-state index in [1.807, 2.05) is 22.9 Å². The van der Waals surface area contributed by atoms with Crippen molar-refractivity contribution >= 4 is 17.4 Å². The van der Waals surface area contributed by atoms with Crippen LogP contribution in [0, 0.1) is 0 Å². The average Bonchev–Trinajstić information content (AvgIpc) is 2.43. The van der Waals surface area contributed by atoms with E-state index in [1.165, 1.54) is 13.1 Å². The quantitative estimate of drug-likeness (QED) is 0.399. The SMILES string of the molecule is CN=C=O.c1ccsc1. The van der Waals surface area contributed by atoms with Crippen molar-refractivity contribution in [3.63, 3.8) is 0 Å². The Morgan fingerprint density at radius 3 is 2.00 bits per heavy atom. The molecule has 0 saturated heterocycles. The van der Waals surface area contributed by atoms with Gasteiger partial charge in [0.05, 0.1) is 0 Å². The molecule has 0 aliphatic heterocycles. The lowest BCUT2D eigenvalue weighted by atomic mass is 10.7. The van der Waals surface area contributed by atoms with Gasteiger partial charge in [-0.3, -0.25) is 0 Å². The van der Waals surface area contributed by atoms with E-state index in [2.05, 4.69) is 4.99 Å². The van der Waals surface area contributed by atoms with Gasteiger partial charge in [0.1, 0.15) is 0 Å². The minimum absolute atomic E-state index is 1.31. The van der Waals surface area contributed by atoms with Gasteiger partial charge >= 0.3 is 0 Å². The highest BCUT2D eigenvalue weighted by molar-refractivity contribution is 7.07. The molecule has 0 fully saturated rings. The van der Waals surface area contributed by atoms with Gasteiger partial charge in [0, 0.05) is 7.05 Å². The average molecular weight is 141 g/mol. The third-order valence-electron chi connectivity index (χ3n) is 0.517. The monoisotopic (exact) mass is 141 g/mol. The normalized spacial score (nSPS) is 6.33. The van der Waals surface area contributed by atoms with E-state index < -0.39 is 0 Å². The van der Waals surface area contributed by atoms with Crippen LogP contribution >= 0.6 is 11.3 Å². The zero-order valence-corrected chi connectivity index (χ0v) is 5.89. The van der Waals surface area contributed by atoms with E-state index in [0.29, 0.717) is 0 Å². The molecule has 0 saturated carbocycles. The largest absolute Gasteiger partial charge is 0.234 e. The van der Waals surface area contributed by atoms with E-state index in [1.54, 1.807) is 11.3 Å². The molecule has 0 aromatic carbocycles. The number of isocyanates is 1. The summed E-state index contributed by atoms with van der Waals surface area (Å²) >= 11 is 1.71. The molecule has 1 aromatic rings. The summed E-state index contributed by atoms with van der Waals surface area (Å²) in [4.78, 5) is 11.8. The van der Waals surface area contributed by atoms with Crippen molar-refractivity contribution in [2.45, 2.75) is 0 Å². The summed E-state index contributed by atoms with van der Waals surface area (Å²) in [5.74, 6) is 0. The Balaban J connectivity index is 0.000000148. The lowest BCUT2D eigenvalue weighted by molar-refractivity contribution is 0.564. The Labute approximate surface area is 57.9 Å². The second kappa shape index (κ2) is 7.08. The van der Waals surface area contributed by atoms with Gasteiger partial charge in [0.25, 0.3) is 0 Å². The third kappa shape index (κ3) is 7.08. The van der Waals surface area contributed by atoms with Crippen LogP contribution in [0.4, 0.5) is 0 Å². The Morgan fingerprint density at radius 1 is 1.44 bits per heavy atom. The smallest absolute Gasteiger partial charge is 0.211 e. The van der Waals surface area contributed by atoms with E-state index in [4.69, 9.17) is 4.79 Å².